The summed E-state index contributed by atoms with van der Waals surface area (Å²) >= 11 is 0. The van der Waals surface area contributed by atoms with E-state index in [1.54, 1.807) is 0 Å². The molecule has 1 unspecified atom stereocenters. The van der Waals surface area contributed by atoms with Gasteiger partial charge in [-0.2, -0.15) is 0 Å². The van der Waals surface area contributed by atoms with Crippen LogP contribution in [0.25, 0.3) is 0 Å². The Labute approximate surface area is 95.1 Å². The van der Waals surface area contributed by atoms with Crippen molar-refractivity contribution in [3.05, 3.63) is 0 Å². The lowest BCUT2D eigenvalue weighted by molar-refractivity contribution is -0.131. The second-order valence-corrected chi connectivity index (χ2v) is 4.80. The number of amides is 2. The van der Waals surface area contributed by atoms with E-state index in [4.69, 9.17) is 5.73 Å². The van der Waals surface area contributed by atoms with Crippen molar-refractivity contribution in [1.82, 2.24) is 10.6 Å². The first kappa shape index (κ1) is 11.4. The summed E-state index contributed by atoms with van der Waals surface area (Å²) in [7, 11) is 0. The highest BCUT2D eigenvalue weighted by Gasteiger charge is 2.49. The summed E-state index contributed by atoms with van der Waals surface area (Å²) in [5.41, 5.74) is 5.21. The van der Waals surface area contributed by atoms with E-state index in [2.05, 4.69) is 10.6 Å². The molecule has 2 aliphatic rings. The maximum absolute atomic E-state index is 11.9. The van der Waals surface area contributed by atoms with Gasteiger partial charge in [0.1, 0.15) is 6.04 Å². The molecule has 5 heteroatoms. The zero-order valence-corrected chi connectivity index (χ0v) is 9.42. The monoisotopic (exact) mass is 225 g/mol. The van der Waals surface area contributed by atoms with Crippen molar-refractivity contribution in [2.75, 3.05) is 13.1 Å². The minimum absolute atomic E-state index is 0.0444. The molecule has 1 atom stereocenters. The standard InChI is InChI=1S/C11H19N3O2/c12-7-11(4-5-11)10(16)14-8-3-1-2-6-13-9(8)15/h8H,1-7,12H2,(H,13,15)(H,14,16). The Kier molecular flexibility index (Phi) is 3.14. The highest BCUT2D eigenvalue weighted by atomic mass is 16.2. The average Bonchev–Trinajstić information content (AvgIpc) is 3.07. The minimum atomic E-state index is -0.368. The van der Waals surface area contributed by atoms with Gasteiger partial charge in [-0.05, 0) is 32.1 Å². The lowest BCUT2D eigenvalue weighted by Crippen LogP contribution is -2.49. The molecule has 2 rings (SSSR count). The van der Waals surface area contributed by atoms with Crippen LogP contribution >= 0.6 is 0 Å². The maximum atomic E-state index is 11.9. The van der Waals surface area contributed by atoms with Crippen molar-refractivity contribution in [3.8, 4) is 0 Å². The van der Waals surface area contributed by atoms with Crippen molar-refractivity contribution < 1.29 is 9.59 Å². The van der Waals surface area contributed by atoms with E-state index in [0.29, 0.717) is 13.1 Å². The molecule has 1 heterocycles. The molecule has 2 amide bonds. The van der Waals surface area contributed by atoms with Crippen LogP contribution in [0.4, 0.5) is 0 Å². The minimum Gasteiger partial charge on any atom is -0.354 e. The van der Waals surface area contributed by atoms with Crippen LogP contribution in [-0.2, 0) is 9.59 Å². The van der Waals surface area contributed by atoms with Gasteiger partial charge in [-0.3, -0.25) is 9.59 Å². The topological polar surface area (TPSA) is 84.2 Å². The van der Waals surface area contributed by atoms with Crippen LogP contribution in [0.5, 0.6) is 0 Å². The van der Waals surface area contributed by atoms with E-state index in [1.807, 2.05) is 0 Å². The van der Waals surface area contributed by atoms with Crippen LogP contribution in [-0.4, -0.2) is 30.9 Å². The normalized spacial score (nSPS) is 27.8. The van der Waals surface area contributed by atoms with Gasteiger partial charge in [-0.1, -0.05) is 0 Å². The number of carbonyl (C=O) groups is 2. The van der Waals surface area contributed by atoms with Crippen molar-refractivity contribution in [2.24, 2.45) is 11.1 Å². The zero-order valence-electron chi connectivity index (χ0n) is 9.42. The zero-order chi connectivity index (χ0) is 11.6. The van der Waals surface area contributed by atoms with E-state index in [9.17, 15) is 9.59 Å². The van der Waals surface area contributed by atoms with E-state index in [0.717, 1.165) is 32.1 Å². The second kappa shape index (κ2) is 4.41. The first-order chi connectivity index (χ1) is 7.68. The van der Waals surface area contributed by atoms with Crippen LogP contribution in [0.2, 0.25) is 0 Å². The Bertz CT molecular complexity index is 300. The summed E-state index contributed by atoms with van der Waals surface area (Å²) < 4.78 is 0. The number of nitrogens with one attached hydrogen (secondary N) is 2. The van der Waals surface area contributed by atoms with E-state index < -0.39 is 0 Å². The molecule has 1 saturated carbocycles. The van der Waals surface area contributed by atoms with Crippen molar-refractivity contribution >= 4 is 11.8 Å². The molecule has 1 saturated heterocycles. The van der Waals surface area contributed by atoms with Gasteiger partial charge in [0.2, 0.25) is 11.8 Å². The third kappa shape index (κ3) is 2.19. The van der Waals surface area contributed by atoms with Crippen molar-refractivity contribution in [3.63, 3.8) is 0 Å². The Morgan fingerprint density at radius 3 is 2.88 bits per heavy atom. The molecule has 0 spiro atoms. The molecule has 1 aliphatic carbocycles. The molecule has 0 radical (unpaired) electrons. The summed E-state index contributed by atoms with van der Waals surface area (Å²) in [4.78, 5) is 23.5. The molecular weight excluding hydrogens is 206 g/mol. The van der Waals surface area contributed by atoms with Crippen LogP contribution in [0.15, 0.2) is 0 Å². The molecule has 0 bridgehead atoms. The molecule has 0 aromatic rings. The van der Waals surface area contributed by atoms with Gasteiger partial charge in [0.15, 0.2) is 0 Å². The maximum Gasteiger partial charge on any atom is 0.242 e. The third-order valence-electron chi connectivity index (χ3n) is 3.57. The number of nitrogens with two attached hydrogens (primary N) is 1. The van der Waals surface area contributed by atoms with Crippen LogP contribution in [0, 0.1) is 5.41 Å². The largest absolute Gasteiger partial charge is 0.354 e. The fourth-order valence-corrected chi connectivity index (χ4v) is 2.06. The van der Waals surface area contributed by atoms with Crippen LogP contribution in [0.3, 0.4) is 0 Å². The van der Waals surface area contributed by atoms with Gasteiger partial charge >= 0.3 is 0 Å². The number of rotatable bonds is 3. The Balaban J connectivity index is 1.92. The molecule has 0 aromatic heterocycles. The first-order valence-electron chi connectivity index (χ1n) is 5.97. The quantitative estimate of drug-likeness (QED) is 0.606. The van der Waals surface area contributed by atoms with Gasteiger partial charge < -0.3 is 16.4 Å². The average molecular weight is 225 g/mol. The molecule has 5 nitrogen and oxygen atoms in total. The van der Waals surface area contributed by atoms with Crippen LogP contribution in [0.1, 0.15) is 32.1 Å². The summed E-state index contributed by atoms with van der Waals surface area (Å²) in [5, 5.41) is 5.64. The Morgan fingerprint density at radius 1 is 1.50 bits per heavy atom. The summed E-state index contributed by atoms with van der Waals surface area (Å²) in [5.74, 6) is -0.101. The molecular formula is C11H19N3O2. The highest BCUT2D eigenvalue weighted by molar-refractivity contribution is 5.91. The SMILES string of the molecule is NCC1(C(=O)NC2CCCCNC2=O)CC1. The second-order valence-electron chi connectivity index (χ2n) is 4.80. The molecule has 90 valence electrons. The smallest absolute Gasteiger partial charge is 0.242 e. The van der Waals surface area contributed by atoms with Gasteiger partial charge in [0.25, 0.3) is 0 Å². The molecule has 16 heavy (non-hydrogen) atoms. The molecule has 2 fully saturated rings. The van der Waals surface area contributed by atoms with Gasteiger partial charge in [-0.15, -0.1) is 0 Å². The molecule has 0 aromatic carbocycles. The molecule has 1 aliphatic heterocycles. The van der Waals surface area contributed by atoms with E-state index in [1.165, 1.54) is 0 Å². The lowest BCUT2D eigenvalue weighted by Gasteiger charge is -2.19. The van der Waals surface area contributed by atoms with E-state index in [-0.39, 0.29) is 23.3 Å². The highest BCUT2D eigenvalue weighted by Crippen LogP contribution is 2.44. The Morgan fingerprint density at radius 2 is 2.25 bits per heavy atom. The number of hydrogen-bond acceptors (Lipinski definition) is 3. The lowest BCUT2D eigenvalue weighted by atomic mass is 10.0. The van der Waals surface area contributed by atoms with E-state index >= 15 is 0 Å². The predicted octanol–water partition coefficient (Wildman–Crippen LogP) is -0.490. The van der Waals surface area contributed by atoms with Gasteiger partial charge in [-0.25, -0.2) is 0 Å². The number of hydrogen-bond donors (Lipinski definition) is 3. The first-order valence-corrected chi connectivity index (χ1v) is 5.97. The van der Waals surface area contributed by atoms with Gasteiger partial charge in [0, 0.05) is 13.1 Å². The van der Waals surface area contributed by atoms with Gasteiger partial charge in [0.05, 0.1) is 5.41 Å². The van der Waals surface area contributed by atoms with Crippen LogP contribution < -0.4 is 16.4 Å². The third-order valence-corrected chi connectivity index (χ3v) is 3.57. The van der Waals surface area contributed by atoms with Crippen molar-refractivity contribution in [1.29, 1.82) is 0 Å². The fraction of sp³-hybridized carbons (Fsp3) is 0.818. The summed E-state index contributed by atoms with van der Waals surface area (Å²) in [6, 6.07) is -0.362. The Hall–Kier alpha value is -1.10. The summed E-state index contributed by atoms with van der Waals surface area (Å²) in [6.07, 6.45) is 4.39. The predicted molar refractivity (Wildman–Crippen MR) is 59.5 cm³/mol. The number of carbonyl (C=O) groups excluding carboxylic acids is 2. The molecule has 4 N–H and O–H groups in total. The van der Waals surface area contributed by atoms with Crippen molar-refractivity contribution in [2.45, 2.75) is 38.1 Å². The summed E-state index contributed by atoms with van der Waals surface area (Å²) in [6.45, 7) is 1.10. The fourth-order valence-electron chi connectivity index (χ4n) is 2.06.